The highest BCUT2D eigenvalue weighted by atomic mass is 16.6. The molecule has 0 fully saturated rings. The number of anilines is 1. The van der Waals surface area contributed by atoms with Crippen molar-refractivity contribution in [3.8, 4) is 5.75 Å². The second-order valence-electron chi connectivity index (χ2n) is 27.2. The van der Waals surface area contributed by atoms with Gasteiger partial charge in [-0.15, -0.1) is 0 Å². The number of alkyl carbamates (subject to hydrolysis) is 1. The molecule has 104 heavy (non-hydrogen) atoms. The molecule has 2 rings (SSSR count). The van der Waals surface area contributed by atoms with Crippen molar-refractivity contribution in [3.63, 3.8) is 0 Å². The Balaban J connectivity index is 1.63. The lowest BCUT2D eigenvalue weighted by Crippen LogP contribution is -2.47. The second kappa shape index (κ2) is 53.4. The van der Waals surface area contributed by atoms with Gasteiger partial charge < -0.3 is 91.0 Å². The van der Waals surface area contributed by atoms with Crippen molar-refractivity contribution in [2.45, 2.75) is 225 Å². The Kier molecular flexibility index (Phi) is 47.1. The molecular formula is C72H117N9O23. The van der Waals surface area contributed by atoms with E-state index in [0.717, 1.165) is 62.0 Å². The summed E-state index contributed by atoms with van der Waals surface area (Å²) in [6.07, 6.45) is 10.4. The summed E-state index contributed by atoms with van der Waals surface area (Å²) in [5.41, 5.74) is -0.784. The second-order valence-corrected chi connectivity index (χ2v) is 27.2. The van der Waals surface area contributed by atoms with Crippen LogP contribution in [-0.4, -0.2) is 226 Å². The van der Waals surface area contributed by atoms with Crippen LogP contribution in [0.1, 0.15) is 195 Å². The average molecular weight is 1480 g/mol. The fourth-order valence-electron chi connectivity index (χ4n) is 10.2. The maximum atomic E-state index is 13.5. The summed E-state index contributed by atoms with van der Waals surface area (Å²) in [7, 11) is 0. The molecule has 10 amide bonds. The van der Waals surface area contributed by atoms with Crippen LogP contribution in [0, 0.1) is 5.92 Å². The molecule has 0 saturated heterocycles. The van der Waals surface area contributed by atoms with E-state index in [2.05, 4.69) is 42.5 Å². The molecule has 0 aliphatic carbocycles. The Hall–Kier alpha value is -8.33. The molecule has 1 aliphatic rings. The van der Waals surface area contributed by atoms with Crippen molar-refractivity contribution in [1.82, 2.24) is 42.1 Å². The Labute approximate surface area is 610 Å². The molecule has 1 heterocycles. The summed E-state index contributed by atoms with van der Waals surface area (Å²) in [6, 6.07) is 1.99. The maximum Gasteiger partial charge on any atom is 0.407 e. The number of carbonyl (C=O) groups is 13. The predicted octanol–water partition coefficient (Wildman–Crippen LogP) is 4.94. The fraction of sp³-hybridized carbons (Fsp3) is 0.708. The van der Waals surface area contributed by atoms with Crippen LogP contribution in [0.5, 0.6) is 5.75 Å². The van der Waals surface area contributed by atoms with E-state index in [1.807, 2.05) is 0 Å². The van der Waals surface area contributed by atoms with Crippen molar-refractivity contribution >= 4 is 82.9 Å². The SMILES string of the molecule is CC(C[C@H](Cc1ccc(O)c(NC(=O)CCCNC(=O)[C@H](CCCCNC(=O)CCOCCOCCNC(=O)CCOCCOCCOCCC(=O)N[C@@H](CCC(=O)O)C(=O)NCCCCCCCCCCC(=O)O)NC(=O)CCCN2C(=O)C=CC2=O)c1)NC(=O)OC(C)(C)C)C(=O)OC(C)(C)C. The van der Waals surface area contributed by atoms with E-state index in [1.165, 1.54) is 6.07 Å². The Morgan fingerprint density at radius 3 is 1.48 bits per heavy atom. The van der Waals surface area contributed by atoms with Crippen LogP contribution in [0.4, 0.5) is 10.5 Å². The highest BCUT2D eigenvalue weighted by molar-refractivity contribution is 6.12. The van der Waals surface area contributed by atoms with Crippen molar-refractivity contribution in [3.05, 3.63) is 35.9 Å². The van der Waals surface area contributed by atoms with Gasteiger partial charge in [0.2, 0.25) is 41.4 Å². The highest BCUT2D eigenvalue weighted by Crippen LogP contribution is 2.27. The molecule has 0 saturated carbocycles. The first-order valence-electron chi connectivity index (χ1n) is 36.3. The number of nitrogens with one attached hydrogen (secondary N) is 8. The summed E-state index contributed by atoms with van der Waals surface area (Å²) >= 11 is 0. The van der Waals surface area contributed by atoms with Gasteiger partial charge in [0.1, 0.15) is 29.0 Å². The van der Waals surface area contributed by atoms with Crippen molar-refractivity contribution in [2.75, 3.05) is 104 Å². The van der Waals surface area contributed by atoms with Gasteiger partial charge in [0.05, 0.1) is 77.7 Å². The number of nitrogens with zero attached hydrogens (tertiary/aromatic N) is 1. The van der Waals surface area contributed by atoms with Gasteiger partial charge in [0.15, 0.2) is 0 Å². The molecule has 1 unspecified atom stereocenters. The largest absolute Gasteiger partial charge is 0.506 e. The Bertz CT molecular complexity index is 2850. The van der Waals surface area contributed by atoms with E-state index in [4.69, 9.17) is 43.4 Å². The third-order valence-corrected chi connectivity index (χ3v) is 15.5. The number of esters is 1. The topological polar surface area (TPSA) is 447 Å². The average Bonchev–Trinajstić information content (AvgIpc) is 1.25. The number of aliphatic carboxylic acids is 2. The zero-order valence-corrected chi connectivity index (χ0v) is 62.0. The summed E-state index contributed by atoms with van der Waals surface area (Å²) in [5.74, 6) is -6.96. The maximum absolute atomic E-state index is 13.5. The summed E-state index contributed by atoms with van der Waals surface area (Å²) in [6.45, 7) is 15.0. The van der Waals surface area contributed by atoms with Crippen LogP contribution < -0.4 is 42.5 Å². The zero-order chi connectivity index (χ0) is 77.1. The minimum Gasteiger partial charge on any atom is -0.506 e. The van der Waals surface area contributed by atoms with Crippen LogP contribution in [0.2, 0.25) is 0 Å². The molecule has 0 spiro atoms. The monoisotopic (exact) mass is 1480 g/mol. The van der Waals surface area contributed by atoms with Crippen molar-refractivity contribution in [2.24, 2.45) is 5.92 Å². The number of carboxylic acids is 2. The third-order valence-electron chi connectivity index (χ3n) is 15.5. The quantitative estimate of drug-likeness (QED) is 0.0178. The van der Waals surface area contributed by atoms with E-state index in [1.54, 1.807) is 60.6 Å². The molecule has 588 valence electrons. The van der Waals surface area contributed by atoms with Gasteiger partial charge in [0, 0.05) is 95.9 Å². The smallest absolute Gasteiger partial charge is 0.407 e. The molecule has 1 aromatic rings. The lowest BCUT2D eigenvalue weighted by atomic mass is 9.95. The van der Waals surface area contributed by atoms with Crippen LogP contribution in [0.25, 0.3) is 0 Å². The first-order chi connectivity index (χ1) is 49.4. The van der Waals surface area contributed by atoms with Crippen LogP contribution >= 0.6 is 0 Å². The summed E-state index contributed by atoms with van der Waals surface area (Å²) in [4.78, 5) is 162. The van der Waals surface area contributed by atoms with E-state index in [9.17, 15) is 67.4 Å². The third kappa shape index (κ3) is 47.8. The van der Waals surface area contributed by atoms with Crippen molar-refractivity contribution < 1.29 is 111 Å². The van der Waals surface area contributed by atoms with Gasteiger partial charge in [-0.05, 0) is 123 Å². The molecule has 1 aromatic carbocycles. The minimum absolute atomic E-state index is 0.0129. The van der Waals surface area contributed by atoms with Gasteiger partial charge >= 0.3 is 24.0 Å². The number of rotatable bonds is 59. The first-order valence-corrected chi connectivity index (χ1v) is 36.3. The van der Waals surface area contributed by atoms with Crippen LogP contribution in [0.15, 0.2) is 30.4 Å². The molecule has 11 N–H and O–H groups in total. The Morgan fingerprint density at radius 1 is 0.462 bits per heavy atom. The van der Waals surface area contributed by atoms with Crippen molar-refractivity contribution in [1.29, 1.82) is 0 Å². The predicted molar refractivity (Wildman–Crippen MR) is 381 cm³/mol. The first kappa shape index (κ1) is 91.8. The van der Waals surface area contributed by atoms with Gasteiger partial charge in [-0.1, -0.05) is 51.5 Å². The fourth-order valence-corrected chi connectivity index (χ4v) is 10.2. The number of hydrogen-bond donors (Lipinski definition) is 11. The standard InChI is InChI=1S/C72H117N9O23/c1-51(69(96)103-71(2,3)4)48-53(77-70(97)104-72(5,6)7)49-52-24-26-57(82)56(50-52)80-60(85)21-18-35-76-67(94)54(78-61(86)22-19-37-81-63(88)27-28-64(81)89)20-15-17-33-73-58(83)30-38-98-42-45-101-41-36-74-59(84)31-39-99-43-46-102-47-44-100-40-32-62(87)79-55(25-29-66(92)93)68(95)75-34-16-13-11-9-8-10-12-14-23-65(90)91/h24,26-28,50-51,53-55,82H,8-23,25,29-49H2,1-7H3,(H,73,83)(H,74,84)(H,75,95)(H,76,94)(H,77,97)(H,78,86)(H,79,87)(H,80,85)(H,90,91)(H,92,93)/t51?,53-,54+,55+/m1/s1. The molecular weight excluding hydrogens is 1360 g/mol. The number of aromatic hydroxyl groups is 1. The Morgan fingerprint density at radius 2 is 0.923 bits per heavy atom. The number of phenolic OH excluding ortho intramolecular Hbond substituents is 1. The molecule has 32 nitrogen and oxygen atoms in total. The van der Waals surface area contributed by atoms with Gasteiger partial charge in [-0.2, -0.15) is 0 Å². The zero-order valence-electron chi connectivity index (χ0n) is 62.0. The molecule has 1 aliphatic heterocycles. The van der Waals surface area contributed by atoms with Gasteiger partial charge in [-0.25, -0.2) is 4.79 Å². The van der Waals surface area contributed by atoms with E-state index in [-0.39, 0.29) is 199 Å². The number of phenols is 1. The van der Waals surface area contributed by atoms with E-state index < -0.39 is 101 Å². The highest BCUT2D eigenvalue weighted by Gasteiger charge is 2.29. The van der Waals surface area contributed by atoms with Crippen LogP contribution in [-0.2, 0) is 97.1 Å². The number of benzene rings is 1. The molecule has 32 heteroatoms. The number of unbranched alkanes of at least 4 members (excludes halogenated alkanes) is 8. The number of hydrogen-bond acceptors (Lipinski definition) is 21. The number of carboxylic acid groups (broad SMARTS) is 2. The number of ether oxygens (including phenoxy) is 7. The van der Waals surface area contributed by atoms with Crippen LogP contribution in [0.3, 0.4) is 0 Å². The normalized spacial score (nSPS) is 13.2. The number of amides is 10. The molecule has 0 bridgehead atoms. The minimum atomic E-state index is -1.08. The van der Waals surface area contributed by atoms with E-state index in [0.29, 0.717) is 31.4 Å². The van der Waals surface area contributed by atoms with E-state index >= 15 is 0 Å². The number of imide groups is 1. The molecule has 0 aromatic heterocycles. The lowest BCUT2D eigenvalue weighted by molar-refractivity contribution is -0.160. The summed E-state index contributed by atoms with van der Waals surface area (Å²) in [5, 5.41) is 50.5. The van der Waals surface area contributed by atoms with Gasteiger partial charge in [-0.3, -0.25) is 62.4 Å². The molecule has 4 atom stereocenters. The summed E-state index contributed by atoms with van der Waals surface area (Å²) < 4.78 is 38.4. The number of carbonyl (C=O) groups excluding carboxylic acids is 11. The molecule has 0 radical (unpaired) electrons. The van der Waals surface area contributed by atoms with Gasteiger partial charge in [0.25, 0.3) is 11.8 Å². The lowest BCUT2D eigenvalue weighted by Gasteiger charge is -2.27.